The summed E-state index contributed by atoms with van der Waals surface area (Å²) in [4.78, 5) is 23.6. The van der Waals surface area contributed by atoms with E-state index in [0.717, 1.165) is 33.5 Å². The van der Waals surface area contributed by atoms with Gasteiger partial charge in [0.1, 0.15) is 11.3 Å². The van der Waals surface area contributed by atoms with Crippen LogP contribution in [0.15, 0.2) is 67.3 Å². The first-order chi connectivity index (χ1) is 16.6. The van der Waals surface area contributed by atoms with Crippen LogP contribution in [-0.4, -0.2) is 49.2 Å². The van der Waals surface area contributed by atoms with Gasteiger partial charge in [-0.15, -0.1) is 0 Å². The average Bonchev–Trinajstić information content (AvgIpc) is 3.47. The van der Waals surface area contributed by atoms with E-state index >= 15 is 0 Å². The molecule has 6 rings (SSSR count). The number of imidazole rings is 1. The van der Waals surface area contributed by atoms with Crippen molar-refractivity contribution in [2.45, 2.75) is 0 Å². The predicted molar refractivity (Wildman–Crippen MR) is 130 cm³/mol. The Morgan fingerprint density at radius 1 is 0.824 bits per heavy atom. The molecule has 166 valence electrons. The van der Waals surface area contributed by atoms with Crippen molar-refractivity contribution in [3.8, 4) is 33.9 Å². The molecule has 0 fully saturated rings. The summed E-state index contributed by atoms with van der Waals surface area (Å²) in [7, 11) is 3.94. The molecule has 34 heavy (non-hydrogen) atoms. The van der Waals surface area contributed by atoms with Crippen molar-refractivity contribution >= 4 is 27.8 Å². The number of aromatic amines is 2. The standard InChI is InChI=1S/C25H19FN8/c1-34(2)17-9-15(10-27-11-17)19-6-7-20-23(29-19)24(33-32-20)25-30-21-13-28-12-18(22(21)31-25)14-4-3-5-16(26)8-14/h3-13H,1-2H3,(H,30,31)(H,32,33). The smallest absolute Gasteiger partial charge is 0.161 e. The number of benzene rings is 1. The van der Waals surface area contributed by atoms with Gasteiger partial charge in [0.15, 0.2) is 11.5 Å². The van der Waals surface area contributed by atoms with E-state index in [1.165, 1.54) is 12.1 Å². The van der Waals surface area contributed by atoms with Gasteiger partial charge in [-0.25, -0.2) is 14.4 Å². The maximum Gasteiger partial charge on any atom is 0.161 e. The first-order valence-electron chi connectivity index (χ1n) is 10.6. The van der Waals surface area contributed by atoms with E-state index in [-0.39, 0.29) is 5.82 Å². The van der Waals surface area contributed by atoms with Crippen LogP contribution in [0.1, 0.15) is 0 Å². The topological polar surface area (TPSA) is 99.3 Å². The molecule has 6 aromatic rings. The van der Waals surface area contributed by atoms with Crippen molar-refractivity contribution in [1.29, 1.82) is 0 Å². The van der Waals surface area contributed by atoms with E-state index in [0.29, 0.717) is 28.1 Å². The van der Waals surface area contributed by atoms with Crippen molar-refractivity contribution in [2.24, 2.45) is 0 Å². The fraction of sp³-hybridized carbons (Fsp3) is 0.0800. The molecule has 5 heterocycles. The Hall–Kier alpha value is -4.66. The highest BCUT2D eigenvalue weighted by Crippen LogP contribution is 2.31. The first kappa shape index (κ1) is 20.0. The van der Waals surface area contributed by atoms with Crippen LogP contribution in [0.4, 0.5) is 10.1 Å². The second kappa shape index (κ2) is 7.73. The number of nitrogens with zero attached hydrogens (tertiary/aromatic N) is 6. The Morgan fingerprint density at radius 3 is 2.56 bits per heavy atom. The second-order valence-electron chi connectivity index (χ2n) is 8.17. The van der Waals surface area contributed by atoms with Gasteiger partial charge in [-0.05, 0) is 35.9 Å². The third-order valence-electron chi connectivity index (χ3n) is 5.70. The van der Waals surface area contributed by atoms with Gasteiger partial charge in [-0.2, -0.15) is 5.10 Å². The molecule has 0 aliphatic carbocycles. The minimum absolute atomic E-state index is 0.312. The number of halogens is 1. The molecule has 5 aromatic heterocycles. The SMILES string of the molecule is CN(C)c1cncc(-c2ccc3[nH]nc(-c4nc5c(-c6cccc(F)c6)cncc5[nH]4)c3n2)c1. The predicted octanol–water partition coefficient (Wildman–Crippen LogP) is 4.83. The largest absolute Gasteiger partial charge is 0.376 e. The number of H-pyrrole nitrogens is 2. The molecule has 0 aliphatic heterocycles. The van der Waals surface area contributed by atoms with Gasteiger partial charge in [0.25, 0.3) is 0 Å². The number of hydrogen-bond acceptors (Lipinski definition) is 6. The Morgan fingerprint density at radius 2 is 1.71 bits per heavy atom. The molecular formula is C25H19FN8. The number of nitrogens with one attached hydrogen (secondary N) is 2. The Bertz CT molecular complexity index is 1670. The number of hydrogen-bond donors (Lipinski definition) is 2. The lowest BCUT2D eigenvalue weighted by Gasteiger charge is -2.12. The quantitative estimate of drug-likeness (QED) is 0.399. The highest BCUT2D eigenvalue weighted by atomic mass is 19.1. The summed E-state index contributed by atoms with van der Waals surface area (Å²) < 4.78 is 13.8. The van der Waals surface area contributed by atoms with Crippen LogP contribution in [0.25, 0.3) is 56.0 Å². The van der Waals surface area contributed by atoms with Gasteiger partial charge in [0.05, 0.1) is 40.3 Å². The number of rotatable bonds is 4. The van der Waals surface area contributed by atoms with E-state index < -0.39 is 0 Å². The van der Waals surface area contributed by atoms with Crippen LogP contribution in [0, 0.1) is 5.82 Å². The highest BCUT2D eigenvalue weighted by Gasteiger charge is 2.17. The summed E-state index contributed by atoms with van der Waals surface area (Å²) >= 11 is 0. The zero-order valence-corrected chi connectivity index (χ0v) is 18.4. The zero-order chi connectivity index (χ0) is 23.2. The van der Waals surface area contributed by atoms with E-state index in [9.17, 15) is 4.39 Å². The van der Waals surface area contributed by atoms with Crippen LogP contribution in [-0.2, 0) is 0 Å². The lowest BCUT2D eigenvalue weighted by atomic mass is 10.1. The minimum Gasteiger partial charge on any atom is -0.376 e. The van der Waals surface area contributed by atoms with E-state index in [1.807, 2.05) is 49.5 Å². The van der Waals surface area contributed by atoms with Crippen molar-refractivity contribution < 1.29 is 4.39 Å². The average molecular weight is 450 g/mol. The third-order valence-corrected chi connectivity index (χ3v) is 5.70. The first-order valence-corrected chi connectivity index (χ1v) is 10.6. The van der Waals surface area contributed by atoms with Gasteiger partial charge >= 0.3 is 0 Å². The number of pyridine rings is 3. The molecule has 0 bridgehead atoms. The fourth-order valence-corrected chi connectivity index (χ4v) is 3.95. The number of anilines is 1. The Labute approximate surface area is 193 Å². The zero-order valence-electron chi connectivity index (χ0n) is 18.4. The van der Waals surface area contributed by atoms with Crippen LogP contribution < -0.4 is 4.90 Å². The molecule has 0 atom stereocenters. The molecule has 0 aliphatic rings. The lowest BCUT2D eigenvalue weighted by Crippen LogP contribution is -2.08. The molecule has 0 amide bonds. The summed E-state index contributed by atoms with van der Waals surface area (Å²) in [5.74, 6) is 0.241. The minimum atomic E-state index is -0.312. The molecule has 2 N–H and O–H groups in total. The van der Waals surface area contributed by atoms with Gasteiger partial charge < -0.3 is 9.88 Å². The van der Waals surface area contributed by atoms with Crippen molar-refractivity contribution in [3.63, 3.8) is 0 Å². The van der Waals surface area contributed by atoms with E-state index in [1.54, 1.807) is 24.7 Å². The maximum absolute atomic E-state index is 13.8. The number of aromatic nitrogens is 7. The Balaban J connectivity index is 1.48. The molecule has 0 unspecified atom stereocenters. The van der Waals surface area contributed by atoms with Gasteiger partial charge in [0, 0.05) is 37.6 Å². The molecular weight excluding hydrogens is 431 g/mol. The monoisotopic (exact) mass is 450 g/mol. The van der Waals surface area contributed by atoms with Crippen LogP contribution in [0.3, 0.4) is 0 Å². The molecule has 0 spiro atoms. The summed E-state index contributed by atoms with van der Waals surface area (Å²) in [6.45, 7) is 0. The van der Waals surface area contributed by atoms with Crippen LogP contribution in [0.5, 0.6) is 0 Å². The fourth-order valence-electron chi connectivity index (χ4n) is 3.95. The summed E-state index contributed by atoms with van der Waals surface area (Å²) in [6.07, 6.45) is 6.98. The van der Waals surface area contributed by atoms with Crippen molar-refractivity contribution in [1.82, 2.24) is 35.1 Å². The lowest BCUT2D eigenvalue weighted by molar-refractivity contribution is 0.628. The summed E-state index contributed by atoms with van der Waals surface area (Å²) in [6, 6.07) is 12.3. The molecule has 0 radical (unpaired) electrons. The van der Waals surface area contributed by atoms with Crippen molar-refractivity contribution in [3.05, 3.63) is 73.1 Å². The van der Waals surface area contributed by atoms with Gasteiger partial charge in [-0.3, -0.25) is 15.1 Å². The molecule has 9 heteroatoms. The van der Waals surface area contributed by atoms with Gasteiger partial charge in [-0.1, -0.05) is 12.1 Å². The number of fused-ring (bicyclic) bond motifs is 2. The molecule has 8 nitrogen and oxygen atoms in total. The van der Waals surface area contributed by atoms with E-state index in [4.69, 9.17) is 9.97 Å². The summed E-state index contributed by atoms with van der Waals surface area (Å²) in [5.41, 5.74) is 7.60. The third kappa shape index (κ3) is 3.34. The second-order valence-corrected chi connectivity index (χ2v) is 8.17. The summed E-state index contributed by atoms with van der Waals surface area (Å²) in [5, 5.41) is 7.50. The molecule has 0 saturated carbocycles. The van der Waals surface area contributed by atoms with Crippen LogP contribution in [0.2, 0.25) is 0 Å². The van der Waals surface area contributed by atoms with Gasteiger partial charge in [0.2, 0.25) is 0 Å². The van der Waals surface area contributed by atoms with E-state index in [2.05, 4.69) is 25.1 Å². The molecule has 0 saturated heterocycles. The maximum atomic E-state index is 13.8. The highest BCUT2D eigenvalue weighted by molar-refractivity contribution is 5.95. The normalized spacial score (nSPS) is 11.4. The van der Waals surface area contributed by atoms with Crippen LogP contribution >= 0.6 is 0 Å². The molecule has 1 aromatic carbocycles. The van der Waals surface area contributed by atoms with Crippen molar-refractivity contribution in [2.75, 3.05) is 19.0 Å². The Kier molecular flexibility index (Phi) is 4.54.